The number of likely N-dealkylation sites (tertiary alicyclic amines) is 2. The van der Waals surface area contributed by atoms with Crippen molar-refractivity contribution in [2.75, 3.05) is 40.5 Å². The Morgan fingerprint density at radius 1 is 1.03 bits per heavy atom. The van der Waals surface area contributed by atoms with Gasteiger partial charge in [0, 0.05) is 33.0 Å². The van der Waals surface area contributed by atoms with Crippen LogP contribution in [-0.4, -0.2) is 74.1 Å². The Hall–Kier alpha value is -3.23. The molecule has 0 aromatic heterocycles. The number of hydrogen-bond donors (Lipinski definition) is 0. The van der Waals surface area contributed by atoms with E-state index in [9.17, 15) is 14.4 Å². The molecule has 2 saturated heterocycles. The molecule has 2 aromatic carbocycles. The zero-order chi connectivity index (χ0) is 25.5. The number of ether oxygens (including phenoxy) is 3. The molecule has 8 nitrogen and oxygen atoms in total. The third-order valence-corrected chi connectivity index (χ3v) is 7.13. The topological polar surface area (TPSA) is 85.4 Å². The molecule has 0 bridgehead atoms. The Labute approximate surface area is 212 Å². The van der Waals surface area contributed by atoms with Gasteiger partial charge in [0.1, 0.15) is 5.75 Å². The highest BCUT2D eigenvalue weighted by molar-refractivity contribution is 6.10. The lowest BCUT2D eigenvalue weighted by Crippen LogP contribution is -2.46. The largest absolute Gasteiger partial charge is 0.497 e. The molecule has 3 amide bonds. The van der Waals surface area contributed by atoms with Crippen molar-refractivity contribution in [2.45, 2.75) is 43.8 Å². The van der Waals surface area contributed by atoms with Crippen LogP contribution < -0.4 is 4.74 Å². The van der Waals surface area contributed by atoms with E-state index >= 15 is 0 Å². The lowest BCUT2D eigenvalue weighted by molar-refractivity contribution is -0.144. The Bertz CT molecular complexity index is 1070. The third kappa shape index (κ3) is 5.60. The molecule has 2 aliphatic heterocycles. The Morgan fingerprint density at radius 2 is 1.78 bits per heavy atom. The summed E-state index contributed by atoms with van der Waals surface area (Å²) in [6.07, 6.45) is 1.44. The predicted molar refractivity (Wildman–Crippen MR) is 133 cm³/mol. The first-order chi connectivity index (χ1) is 17.5. The summed E-state index contributed by atoms with van der Waals surface area (Å²) in [5.41, 5.74) is 0.491. The summed E-state index contributed by atoms with van der Waals surface area (Å²) in [6.45, 7) is 2.07. The van der Waals surface area contributed by atoms with E-state index in [0.717, 1.165) is 18.4 Å². The van der Waals surface area contributed by atoms with Crippen molar-refractivity contribution < 1.29 is 28.6 Å². The number of rotatable bonds is 10. The molecule has 4 rings (SSSR count). The highest BCUT2D eigenvalue weighted by Gasteiger charge is 2.54. The van der Waals surface area contributed by atoms with E-state index < -0.39 is 5.41 Å². The number of carbonyl (C=O) groups excluding carboxylic acids is 3. The minimum Gasteiger partial charge on any atom is -0.497 e. The fourth-order valence-corrected chi connectivity index (χ4v) is 5.03. The molecule has 0 unspecified atom stereocenters. The zero-order valence-electron chi connectivity index (χ0n) is 21.0. The number of hydrogen-bond acceptors (Lipinski definition) is 6. The number of methoxy groups -OCH3 is 2. The van der Waals surface area contributed by atoms with E-state index in [0.29, 0.717) is 31.0 Å². The molecule has 2 fully saturated rings. The number of imide groups is 1. The average molecular weight is 495 g/mol. The molecule has 0 radical (unpaired) electrons. The van der Waals surface area contributed by atoms with Crippen LogP contribution in [0.4, 0.5) is 0 Å². The predicted octanol–water partition coefficient (Wildman–Crippen LogP) is 2.94. The van der Waals surface area contributed by atoms with Crippen LogP contribution in [0.2, 0.25) is 0 Å². The van der Waals surface area contributed by atoms with E-state index in [-0.39, 0.29) is 49.8 Å². The molecule has 0 saturated carbocycles. The van der Waals surface area contributed by atoms with E-state index in [4.69, 9.17) is 14.2 Å². The molecule has 2 aliphatic rings. The van der Waals surface area contributed by atoms with E-state index in [1.54, 1.807) is 36.3 Å². The highest BCUT2D eigenvalue weighted by Crippen LogP contribution is 2.41. The van der Waals surface area contributed by atoms with Gasteiger partial charge in [-0.1, -0.05) is 42.5 Å². The van der Waals surface area contributed by atoms with Crippen molar-refractivity contribution in [3.63, 3.8) is 0 Å². The zero-order valence-corrected chi connectivity index (χ0v) is 21.0. The molecule has 192 valence electrons. The van der Waals surface area contributed by atoms with E-state index in [1.807, 2.05) is 30.3 Å². The first-order valence-electron chi connectivity index (χ1n) is 12.4. The Morgan fingerprint density at radius 3 is 2.47 bits per heavy atom. The number of carbonyl (C=O) groups is 3. The first kappa shape index (κ1) is 25.9. The van der Waals surface area contributed by atoms with Gasteiger partial charge in [-0.25, -0.2) is 0 Å². The molecule has 0 N–H and O–H groups in total. The van der Waals surface area contributed by atoms with Crippen molar-refractivity contribution in [2.24, 2.45) is 0 Å². The lowest BCUT2D eigenvalue weighted by atomic mass is 9.75. The second-order valence-electron chi connectivity index (χ2n) is 9.39. The summed E-state index contributed by atoms with van der Waals surface area (Å²) >= 11 is 0. The molecule has 8 heteroatoms. The van der Waals surface area contributed by atoms with Crippen molar-refractivity contribution in [1.29, 1.82) is 0 Å². The van der Waals surface area contributed by atoms with Crippen LogP contribution in [-0.2, 0) is 35.9 Å². The fourth-order valence-electron chi connectivity index (χ4n) is 5.03. The summed E-state index contributed by atoms with van der Waals surface area (Å²) in [5.74, 6) is -0.201. The van der Waals surface area contributed by atoms with Gasteiger partial charge >= 0.3 is 0 Å². The maximum absolute atomic E-state index is 13.7. The maximum Gasteiger partial charge on any atom is 0.240 e. The van der Waals surface area contributed by atoms with E-state index in [1.165, 1.54) is 12.0 Å². The lowest BCUT2D eigenvalue weighted by Gasteiger charge is -2.35. The van der Waals surface area contributed by atoms with Gasteiger partial charge in [-0.2, -0.15) is 0 Å². The maximum atomic E-state index is 13.7. The SMILES string of the molecule is COCCN1C(=O)C[C@](CC(=O)N2CCC(OCc3ccccc3)CC2)(c2cccc(OC)c2)C1=O. The molecule has 36 heavy (non-hydrogen) atoms. The first-order valence-corrected chi connectivity index (χ1v) is 12.4. The van der Waals surface area contributed by atoms with Gasteiger partial charge in [0.15, 0.2) is 0 Å². The van der Waals surface area contributed by atoms with Crippen LogP contribution in [0.25, 0.3) is 0 Å². The van der Waals surface area contributed by atoms with Crippen molar-refractivity contribution >= 4 is 17.7 Å². The molecule has 2 aromatic rings. The van der Waals surface area contributed by atoms with Crippen molar-refractivity contribution in [1.82, 2.24) is 9.80 Å². The van der Waals surface area contributed by atoms with Gasteiger partial charge < -0.3 is 19.1 Å². The smallest absolute Gasteiger partial charge is 0.240 e. The Kier molecular flexibility index (Phi) is 8.38. The van der Waals surface area contributed by atoms with Gasteiger partial charge in [-0.05, 0) is 36.1 Å². The molecule has 0 aliphatic carbocycles. The van der Waals surface area contributed by atoms with Gasteiger partial charge in [0.05, 0.1) is 38.4 Å². The number of piperidine rings is 1. The normalized spacial score (nSPS) is 20.7. The minimum atomic E-state index is -1.25. The van der Waals surface area contributed by atoms with E-state index in [2.05, 4.69) is 0 Å². The quantitative estimate of drug-likeness (QED) is 0.472. The van der Waals surface area contributed by atoms with Crippen LogP contribution in [0.5, 0.6) is 5.75 Å². The monoisotopic (exact) mass is 494 g/mol. The standard InChI is InChI=1S/C28H34N2O6/c1-34-16-15-30-26(32)19-28(27(30)33,22-9-6-10-24(17-22)35-2)18-25(31)29-13-11-23(12-14-29)36-20-21-7-4-3-5-8-21/h3-10,17,23H,11-16,18-20H2,1-2H3/t28-/m1/s1. The summed E-state index contributed by atoms with van der Waals surface area (Å²) < 4.78 is 16.5. The highest BCUT2D eigenvalue weighted by atomic mass is 16.5. The van der Waals surface area contributed by atoms with Crippen LogP contribution in [0.15, 0.2) is 54.6 Å². The van der Waals surface area contributed by atoms with Gasteiger partial charge in [0.25, 0.3) is 0 Å². The number of nitrogens with zero attached hydrogens (tertiary/aromatic N) is 2. The van der Waals surface area contributed by atoms with Crippen LogP contribution in [0, 0.1) is 0 Å². The average Bonchev–Trinajstić information content (AvgIpc) is 3.16. The third-order valence-electron chi connectivity index (χ3n) is 7.13. The summed E-state index contributed by atoms with van der Waals surface area (Å²) in [4.78, 5) is 43.1. The van der Waals surface area contributed by atoms with Crippen LogP contribution in [0.1, 0.15) is 36.8 Å². The molecule has 0 spiro atoms. The summed E-state index contributed by atoms with van der Waals surface area (Å²) in [5, 5.41) is 0. The Balaban J connectivity index is 1.45. The second kappa shape index (κ2) is 11.7. The number of amides is 3. The number of benzene rings is 2. The molecular weight excluding hydrogens is 460 g/mol. The molecular formula is C28H34N2O6. The van der Waals surface area contributed by atoms with Gasteiger partial charge in [-0.3, -0.25) is 19.3 Å². The van der Waals surface area contributed by atoms with Gasteiger partial charge in [-0.15, -0.1) is 0 Å². The molecule has 1 atom stereocenters. The minimum absolute atomic E-state index is 0.0505. The van der Waals surface area contributed by atoms with Crippen molar-refractivity contribution in [3.8, 4) is 5.75 Å². The summed E-state index contributed by atoms with van der Waals surface area (Å²) in [7, 11) is 3.07. The summed E-state index contributed by atoms with van der Waals surface area (Å²) in [6, 6.07) is 17.1. The van der Waals surface area contributed by atoms with Crippen LogP contribution >= 0.6 is 0 Å². The molecule has 2 heterocycles. The van der Waals surface area contributed by atoms with Gasteiger partial charge in [0.2, 0.25) is 17.7 Å². The van der Waals surface area contributed by atoms with Crippen molar-refractivity contribution in [3.05, 3.63) is 65.7 Å². The second-order valence-corrected chi connectivity index (χ2v) is 9.39. The van der Waals surface area contributed by atoms with Crippen LogP contribution in [0.3, 0.4) is 0 Å². The fraction of sp³-hybridized carbons (Fsp3) is 0.464.